The Labute approximate surface area is 60.2 Å². The Balaban J connectivity index is 1.93. The fourth-order valence-electron chi connectivity index (χ4n) is 0.765. The van der Waals surface area contributed by atoms with Gasteiger partial charge in [0, 0.05) is 7.11 Å². The minimum atomic E-state index is 0.343. The molecule has 1 aliphatic heterocycles. The van der Waals surface area contributed by atoms with Gasteiger partial charge in [-0.05, 0) is 0 Å². The first-order valence-electron chi connectivity index (χ1n) is 3.24. The second-order valence-electron chi connectivity index (χ2n) is 2.14. The average Bonchev–Trinajstić information content (AvgIpc) is 2.41. The maximum Gasteiger partial charge on any atom is 0.146 e. The van der Waals surface area contributed by atoms with Crippen LogP contribution < -0.4 is 5.32 Å². The lowest BCUT2D eigenvalue weighted by atomic mass is 10.3. The van der Waals surface area contributed by atoms with Gasteiger partial charge in [-0.15, -0.1) is 0 Å². The van der Waals surface area contributed by atoms with E-state index in [1.165, 1.54) is 0 Å². The Kier molecular flexibility index (Phi) is 3.18. The van der Waals surface area contributed by atoms with Crippen LogP contribution in [0, 0.1) is 0 Å². The van der Waals surface area contributed by atoms with E-state index in [4.69, 9.17) is 9.47 Å². The number of nitrogens with one attached hydrogen (secondary N) is 1. The maximum atomic E-state index is 5.10. The normalized spacial score (nSPS) is 23.1. The van der Waals surface area contributed by atoms with Crippen molar-refractivity contribution in [1.82, 2.24) is 5.32 Å². The van der Waals surface area contributed by atoms with E-state index in [1.54, 1.807) is 13.4 Å². The summed E-state index contributed by atoms with van der Waals surface area (Å²) in [4.78, 5) is 3.99. The molecule has 0 aliphatic carbocycles. The van der Waals surface area contributed by atoms with E-state index < -0.39 is 0 Å². The molecule has 0 aromatic carbocycles. The summed E-state index contributed by atoms with van der Waals surface area (Å²) in [6.45, 7) is 1.83. The minimum Gasteiger partial charge on any atom is -0.369 e. The van der Waals surface area contributed by atoms with Gasteiger partial charge < -0.3 is 14.8 Å². The number of nitrogens with zero attached hydrogens (tertiary/aromatic N) is 1. The number of hydrogen-bond acceptors (Lipinski definition) is 4. The quantitative estimate of drug-likeness (QED) is 0.431. The summed E-state index contributed by atoms with van der Waals surface area (Å²) in [5.74, 6) is 0. The molecule has 0 aromatic rings. The van der Waals surface area contributed by atoms with Gasteiger partial charge >= 0.3 is 0 Å². The van der Waals surface area contributed by atoms with E-state index in [2.05, 4.69) is 10.3 Å². The fourth-order valence-corrected chi connectivity index (χ4v) is 0.765. The van der Waals surface area contributed by atoms with Crippen LogP contribution in [0.4, 0.5) is 0 Å². The molecule has 4 nitrogen and oxygen atoms in total. The van der Waals surface area contributed by atoms with E-state index in [0.29, 0.717) is 19.4 Å². The Morgan fingerprint density at radius 3 is 3.30 bits per heavy atom. The smallest absolute Gasteiger partial charge is 0.146 e. The third kappa shape index (κ3) is 2.33. The lowest BCUT2D eigenvalue weighted by Crippen LogP contribution is -2.30. The lowest BCUT2D eigenvalue weighted by molar-refractivity contribution is -0.0351. The van der Waals surface area contributed by atoms with Gasteiger partial charge in [-0.2, -0.15) is 0 Å². The van der Waals surface area contributed by atoms with Crippen molar-refractivity contribution >= 4 is 6.34 Å². The molecule has 1 rings (SSSR count). The number of methoxy groups -OCH3 is 1. The Morgan fingerprint density at radius 1 is 1.80 bits per heavy atom. The van der Waals surface area contributed by atoms with Crippen molar-refractivity contribution in [3.05, 3.63) is 0 Å². The van der Waals surface area contributed by atoms with Crippen molar-refractivity contribution in [2.24, 2.45) is 4.99 Å². The van der Waals surface area contributed by atoms with Crippen molar-refractivity contribution in [2.75, 3.05) is 27.1 Å². The van der Waals surface area contributed by atoms with Crippen molar-refractivity contribution in [1.29, 1.82) is 0 Å². The topological polar surface area (TPSA) is 42.9 Å². The summed E-state index contributed by atoms with van der Waals surface area (Å²) in [5.41, 5.74) is 0. The summed E-state index contributed by atoms with van der Waals surface area (Å²) in [7, 11) is 1.61. The van der Waals surface area contributed by atoms with Crippen LogP contribution in [0.1, 0.15) is 0 Å². The van der Waals surface area contributed by atoms with Gasteiger partial charge in [-0.1, -0.05) is 0 Å². The molecule has 0 amide bonds. The van der Waals surface area contributed by atoms with E-state index in [9.17, 15) is 0 Å². The first kappa shape index (κ1) is 7.50. The van der Waals surface area contributed by atoms with Crippen molar-refractivity contribution in [2.45, 2.75) is 6.04 Å². The van der Waals surface area contributed by atoms with Crippen LogP contribution in [0.25, 0.3) is 0 Å². The van der Waals surface area contributed by atoms with Gasteiger partial charge in [-0.25, -0.2) is 0 Å². The molecule has 1 atom stereocenters. The second-order valence-corrected chi connectivity index (χ2v) is 2.14. The van der Waals surface area contributed by atoms with Crippen LogP contribution in [0.3, 0.4) is 0 Å². The predicted molar refractivity (Wildman–Crippen MR) is 38.1 cm³/mol. The van der Waals surface area contributed by atoms with Gasteiger partial charge in [0.1, 0.15) is 6.79 Å². The van der Waals surface area contributed by atoms with Crippen LogP contribution in [-0.4, -0.2) is 39.4 Å². The molecule has 1 aliphatic rings. The van der Waals surface area contributed by atoms with Gasteiger partial charge in [0.2, 0.25) is 0 Å². The summed E-state index contributed by atoms with van der Waals surface area (Å²) >= 11 is 0. The first-order valence-corrected chi connectivity index (χ1v) is 3.24. The standard InChI is InChI=1S/C6H12N2O2/c1-9-5-10-3-6-2-7-4-8-6/h4,6H,2-3,5H2,1H3,(H,7,8). The molecule has 1 N–H and O–H groups in total. The molecule has 0 saturated heterocycles. The van der Waals surface area contributed by atoms with Crippen LogP contribution in [0.15, 0.2) is 4.99 Å². The first-order chi connectivity index (χ1) is 4.93. The molecule has 58 valence electrons. The van der Waals surface area contributed by atoms with Crippen molar-refractivity contribution in [3.63, 3.8) is 0 Å². The monoisotopic (exact) mass is 144 g/mol. The Hall–Kier alpha value is -0.610. The third-order valence-corrected chi connectivity index (χ3v) is 1.25. The molecule has 0 spiro atoms. The van der Waals surface area contributed by atoms with E-state index in [0.717, 1.165) is 6.54 Å². The number of ether oxygens (including phenoxy) is 2. The second kappa shape index (κ2) is 4.24. The molecular formula is C6H12N2O2. The summed E-state index contributed by atoms with van der Waals surface area (Å²) < 4.78 is 9.81. The average molecular weight is 144 g/mol. The molecule has 0 saturated carbocycles. The highest BCUT2D eigenvalue weighted by Gasteiger charge is 2.08. The highest BCUT2D eigenvalue weighted by Crippen LogP contribution is 1.91. The maximum absolute atomic E-state index is 5.10. The summed E-state index contributed by atoms with van der Waals surface area (Å²) in [6, 6.07) is 0.343. The van der Waals surface area contributed by atoms with E-state index in [1.807, 2.05) is 0 Å². The van der Waals surface area contributed by atoms with E-state index >= 15 is 0 Å². The van der Waals surface area contributed by atoms with Gasteiger partial charge in [0.05, 0.1) is 25.5 Å². The zero-order valence-electron chi connectivity index (χ0n) is 6.04. The highest BCUT2D eigenvalue weighted by molar-refractivity contribution is 5.57. The van der Waals surface area contributed by atoms with Gasteiger partial charge in [0.15, 0.2) is 0 Å². The predicted octanol–water partition coefficient (Wildman–Crippen LogP) is -0.393. The number of hydrogen-bond donors (Lipinski definition) is 1. The third-order valence-electron chi connectivity index (χ3n) is 1.25. The molecule has 10 heavy (non-hydrogen) atoms. The SMILES string of the molecule is COCOCC1CN=CN1. The molecule has 0 aromatic heterocycles. The van der Waals surface area contributed by atoms with Crippen LogP contribution in [0.2, 0.25) is 0 Å². The van der Waals surface area contributed by atoms with Crippen molar-refractivity contribution < 1.29 is 9.47 Å². The van der Waals surface area contributed by atoms with E-state index in [-0.39, 0.29) is 0 Å². The molecule has 4 heteroatoms. The molecule has 1 unspecified atom stereocenters. The number of aliphatic imine (C=N–C) groups is 1. The molecular weight excluding hydrogens is 132 g/mol. The fraction of sp³-hybridized carbons (Fsp3) is 0.833. The van der Waals surface area contributed by atoms with Crippen LogP contribution >= 0.6 is 0 Å². The Morgan fingerprint density at radius 2 is 2.70 bits per heavy atom. The summed E-state index contributed by atoms with van der Waals surface area (Å²) in [5, 5.41) is 3.04. The molecule has 0 fully saturated rings. The minimum absolute atomic E-state index is 0.343. The van der Waals surface area contributed by atoms with Crippen LogP contribution in [-0.2, 0) is 9.47 Å². The van der Waals surface area contributed by atoms with Gasteiger partial charge in [0.25, 0.3) is 0 Å². The van der Waals surface area contributed by atoms with Crippen LogP contribution in [0.5, 0.6) is 0 Å². The molecule has 1 heterocycles. The molecule has 0 radical (unpaired) electrons. The number of rotatable bonds is 4. The van der Waals surface area contributed by atoms with Crippen molar-refractivity contribution in [3.8, 4) is 0 Å². The zero-order chi connectivity index (χ0) is 7.23. The Bertz CT molecular complexity index is 108. The summed E-state index contributed by atoms with van der Waals surface area (Å²) in [6.07, 6.45) is 1.71. The molecule has 0 bridgehead atoms. The van der Waals surface area contributed by atoms with Gasteiger partial charge in [-0.3, -0.25) is 4.99 Å². The highest BCUT2D eigenvalue weighted by atomic mass is 16.7. The lowest BCUT2D eigenvalue weighted by Gasteiger charge is -2.08. The zero-order valence-corrected chi connectivity index (χ0v) is 6.04. The largest absolute Gasteiger partial charge is 0.369 e.